The van der Waals surface area contributed by atoms with Crippen molar-refractivity contribution >= 4 is 22.9 Å². The summed E-state index contributed by atoms with van der Waals surface area (Å²) in [5.74, 6) is 0.608. The van der Waals surface area contributed by atoms with Crippen LogP contribution in [-0.4, -0.2) is 20.2 Å². The van der Waals surface area contributed by atoms with Gasteiger partial charge in [0.1, 0.15) is 5.82 Å². The number of hydrogen-bond donors (Lipinski definition) is 1. The molecule has 1 unspecified atom stereocenters. The predicted molar refractivity (Wildman–Crippen MR) is 134 cm³/mol. The molecule has 0 radical (unpaired) electrons. The third-order valence-corrected chi connectivity index (χ3v) is 6.25. The van der Waals surface area contributed by atoms with E-state index < -0.39 is 0 Å². The summed E-state index contributed by atoms with van der Waals surface area (Å²) >= 11 is 5.76. The van der Waals surface area contributed by atoms with Crippen LogP contribution in [0.25, 0.3) is 17.0 Å². The predicted octanol–water partition coefficient (Wildman–Crippen LogP) is 6.05. The number of aromatic nitrogens is 2. The van der Waals surface area contributed by atoms with E-state index in [1.165, 1.54) is 17.7 Å². The van der Waals surface area contributed by atoms with Crippen molar-refractivity contribution in [1.82, 2.24) is 20.4 Å². The van der Waals surface area contributed by atoms with Gasteiger partial charge >= 0.3 is 0 Å². The molecule has 1 aliphatic rings. The molecular formula is C27H23FN4OS. The molecule has 1 N–H and O–H groups in total. The van der Waals surface area contributed by atoms with Crippen LogP contribution < -0.4 is 5.32 Å². The fraction of sp³-hybridized carbons (Fsp3) is 0.148. The molecule has 0 fully saturated rings. The molecule has 2 heterocycles. The van der Waals surface area contributed by atoms with Crippen LogP contribution in [0.5, 0.6) is 0 Å². The van der Waals surface area contributed by atoms with E-state index in [0.29, 0.717) is 23.4 Å². The van der Waals surface area contributed by atoms with Crippen molar-refractivity contribution in [1.29, 1.82) is 0 Å². The van der Waals surface area contributed by atoms with E-state index in [1.54, 1.807) is 12.1 Å². The Morgan fingerprint density at radius 3 is 2.50 bits per heavy atom. The summed E-state index contributed by atoms with van der Waals surface area (Å²) in [5.41, 5.74) is 5.76. The van der Waals surface area contributed by atoms with Crippen molar-refractivity contribution in [2.45, 2.75) is 26.4 Å². The molecule has 5 nitrogen and oxygen atoms in total. The van der Waals surface area contributed by atoms with Crippen LogP contribution in [0.3, 0.4) is 0 Å². The highest BCUT2D eigenvalue weighted by Crippen LogP contribution is 2.38. The van der Waals surface area contributed by atoms with Crippen LogP contribution in [0.4, 0.5) is 4.39 Å². The normalized spacial score (nSPS) is 16.0. The average molecular weight is 471 g/mol. The number of allylic oxidation sites excluding steroid dienone is 1. The fourth-order valence-corrected chi connectivity index (χ4v) is 4.50. The van der Waals surface area contributed by atoms with E-state index in [1.807, 2.05) is 48.2 Å². The standard InChI is InChI=1S/C27H23FN4OS/c1-17-7-6-8-19(15-17)16-32-18(2)23(24(29-27(32)34)20-11-13-22(28)14-12-20)26-30-25(31-33-26)21-9-4-3-5-10-21/h3-15,24H,16H2,1-2H3,(H,29,34). The van der Waals surface area contributed by atoms with Crippen LogP contribution in [0, 0.1) is 12.7 Å². The van der Waals surface area contributed by atoms with Crippen LogP contribution in [0.2, 0.25) is 0 Å². The van der Waals surface area contributed by atoms with Gasteiger partial charge in [-0.15, -0.1) is 0 Å². The highest BCUT2D eigenvalue weighted by molar-refractivity contribution is 7.80. The minimum Gasteiger partial charge on any atom is -0.351 e. The second-order valence-electron chi connectivity index (χ2n) is 8.30. The molecular weight excluding hydrogens is 447 g/mol. The Labute approximate surface area is 202 Å². The first-order valence-electron chi connectivity index (χ1n) is 11.0. The number of benzene rings is 3. The molecule has 34 heavy (non-hydrogen) atoms. The summed E-state index contributed by atoms with van der Waals surface area (Å²) in [4.78, 5) is 6.74. The molecule has 0 amide bonds. The zero-order chi connectivity index (χ0) is 23.7. The van der Waals surface area contributed by atoms with E-state index in [2.05, 4.69) is 35.6 Å². The summed E-state index contributed by atoms with van der Waals surface area (Å²) < 4.78 is 19.4. The molecule has 0 bridgehead atoms. The van der Waals surface area contributed by atoms with Gasteiger partial charge in [-0.1, -0.05) is 77.5 Å². The number of halogens is 1. The molecule has 1 aromatic heterocycles. The van der Waals surface area contributed by atoms with Crippen molar-refractivity contribution in [3.8, 4) is 11.4 Å². The monoisotopic (exact) mass is 470 g/mol. The second-order valence-corrected chi connectivity index (χ2v) is 8.68. The van der Waals surface area contributed by atoms with Gasteiger partial charge in [-0.25, -0.2) is 4.39 Å². The molecule has 170 valence electrons. The third-order valence-electron chi connectivity index (χ3n) is 5.91. The van der Waals surface area contributed by atoms with Gasteiger partial charge in [0, 0.05) is 17.8 Å². The minimum atomic E-state index is -0.356. The molecule has 0 spiro atoms. The highest BCUT2D eigenvalue weighted by atomic mass is 32.1. The van der Waals surface area contributed by atoms with Gasteiger partial charge in [0.05, 0.1) is 11.6 Å². The van der Waals surface area contributed by atoms with Gasteiger partial charge in [-0.3, -0.25) is 0 Å². The lowest BCUT2D eigenvalue weighted by molar-refractivity contribution is 0.396. The van der Waals surface area contributed by atoms with Crippen molar-refractivity contribution in [3.05, 3.63) is 113 Å². The van der Waals surface area contributed by atoms with Crippen LogP contribution in [0.1, 0.15) is 35.5 Å². The molecule has 4 aromatic rings. The summed E-state index contributed by atoms with van der Waals surface area (Å²) in [6, 6.07) is 24.0. The molecule has 1 atom stereocenters. The average Bonchev–Trinajstić information content (AvgIpc) is 3.32. The smallest absolute Gasteiger partial charge is 0.258 e. The van der Waals surface area contributed by atoms with E-state index in [0.717, 1.165) is 28.0 Å². The number of nitrogens with one attached hydrogen (secondary N) is 1. The Kier molecular flexibility index (Phi) is 5.94. The number of rotatable bonds is 5. The van der Waals surface area contributed by atoms with Crippen molar-refractivity contribution < 1.29 is 8.91 Å². The Morgan fingerprint density at radius 2 is 1.76 bits per heavy atom. The summed E-state index contributed by atoms with van der Waals surface area (Å²) in [7, 11) is 0. The maximum absolute atomic E-state index is 13.6. The zero-order valence-electron chi connectivity index (χ0n) is 18.8. The molecule has 3 aromatic carbocycles. The summed E-state index contributed by atoms with van der Waals surface area (Å²) in [5, 5.41) is 8.22. The Balaban J connectivity index is 1.60. The second kappa shape index (κ2) is 9.19. The fourth-order valence-electron chi connectivity index (χ4n) is 4.18. The lowest BCUT2D eigenvalue weighted by atomic mass is 9.94. The Hall–Kier alpha value is -3.84. The van der Waals surface area contributed by atoms with Gasteiger partial charge in [0.15, 0.2) is 5.11 Å². The Bertz CT molecular complexity index is 1360. The molecule has 5 rings (SSSR count). The van der Waals surface area contributed by atoms with E-state index in [4.69, 9.17) is 21.7 Å². The van der Waals surface area contributed by atoms with Gasteiger partial charge in [-0.05, 0) is 49.3 Å². The van der Waals surface area contributed by atoms with Gasteiger partial charge in [0.25, 0.3) is 5.89 Å². The SMILES string of the molecule is CC1=C(c2nc(-c3ccccc3)no2)C(c2ccc(F)cc2)NC(=S)N1Cc1cccc(C)c1. The number of aryl methyl sites for hydroxylation is 1. The topological polar surface area (TPSA) is 54.2 Å². The molecule has 0 saturated carbocycles. The summed E-state index contributed by atoms with van der Waals surface area (Å²) in [6.07, 6.45) is 0. The number of nitrogens with zero attached hydrogens (tertiary/aromatic N) is 3. The maximum atomic E-state index is 13.6. The minimum absolute atomic E-state index is 0.297. The molecule has 0 saturated heterocycles. The first kappa shape index (κ1) is 22.0. The lowest BCUT2D eigenvalue weighted by Gasteiger charge is -2.37. The van der Waals surface area contributed by atoms with E-state index >= 15 is 0 Å². The van der Waals surface area contributed by atoms with E-state index in [9.17, 15) is 4.39 Å². The first-order valence-corrected chi connectivity index (χ1v) is 11.4. The quantitative estimate of drug-likeness (QED) is 0.359. The summed E-state index contributed by atoms with van der Waals surface area (Å²) in [6.45, 7) is 4.67. The number of hydrogen-bond acceptors (Lipinski definition) is 4. The number of thiocarbonyl (C=S) groups is 1. The zero-order valence-corrected chi connectivity index (χ0v) is 19.6. The van der Waals surface area contributed by atoms with Gasteiger partial charge in [-0.2, -0.15) is 4.98 Å². The molecule has 1 aliphatic heterocycles. The van der Waals surface area contributed by atoms with Gasteiger partial charge < -0.3 is 14.7 Å². The largest absolute Gasteiger partial charge is 0.351 e. The first-order chi connectivity index (χ1) is 16.5. The highest BCUT2D eigenvalue weighted by Gasteiger charge is 2.34. The van der Waals surface area contributed by atoms with Crippen molar-refractivity contribution in [2.75, 3.05) is 0 Å². The van der Waals surface area contributed by atoms with E-state index in [-0.39, 0.29) is 11.9 Å². The lowest BCUT2D eigenvalue weighted by Crippen LogP contribution is -2.45. The Morgan fingerprint density at radius 1 is 1.00 bits per heavy atom. The maximum Gasteiger partial charge on any atom is 0.258 e. The van der Waals surface area contributed by atoms with Crippen LogP contribution in [-0.2, 0) is 6.54 Å². The van der Waals surface area contributed by atoms with Crippen LogP contribution in [0.15, 0.2) is 89.1 Å². The van der Waals surface area contributed by atoms with Crippen molar-refractivity contribution in [3.63, 3.8) is 0 Å². The van der Waals surface area contributed by atoms with Crippen molar-refractivity contribution in [2.24, 2.45) is 0 Å². The molecule has 7 heteroatoms. The molecule has 0 aliphatic carbocycles. The van der Waals surface area contributed by atoms with Crippen LogP contribution >= 0.6 is 12.2 Å². The third kappa shape index (κ3) is 4.34. The van der Waals surface area contributed by atoms with Gasteiger partial charge in [0.2, 0.25) is 5.82 Å².